The molecule has 0 amide bonds. The van der Waals surface area contributed by atoms with Crippen molar-refractivity contribution in [3.63, 3.8) is 0 Å². The van der Waals surface area contributed by atoms with Crippen LogP contribution >= 0.6 is 0 Å². The van der Waals surface area contributed by atoms with E-state index >= 15 is 0 Å². The molecule has 1 aromatic rings. The van der Waals surface area contributed by atoms with Gasteiger partial charge in [0.05, 0.1) is 0 Å². The molecule has 1 aromatic heterocycles. The number of anilines is 1. The van der Waals surface area contributed by atoms with E-state index in [-0.39, 0.29) is 5.92 Å². The van der Waals surface area contributed by atoms with Crippen molar-refractivity contribution in [2.45, 2.75) is 32.2 Å². The molecule has 2 rings (SSSR count). The fourth-order valence-corrected chi connectivity index (χ4v) is 1.78. The van der Waals surface area contributed by atoms with Gasteiger partial charge in [-0.05, 0) is 32.6 Å². The number of hydrogen-bond acceptors (Lipinski definition) is 4. The quantitative estimate of drug-likeness (QED) is 0.804. The summed E-state index contributed by atoms with van der Waals surface area (Å²) in [6.07, 6.45) is 3.35. The standard InChI is InChI=1S/C11H15N3O2/c1-7-5-9(13-6-12-7)14-11(2,10(15)16)8-3-4-8/h5-6,8H,3-4H2,1-2H3,(H,15,16)(H,12,13,14). The third kappa shape index (κ3) is 1.98. The van der Waals surface area contributed by atoms with E-state index < -0.39 is 11.5 Å². The van der Waals surface area contributed by atoms with Gasteiger partial charge in [0.2, 0.25) is 0 Å². The zero-order chi connectivity index (χ0) is 11.8. The van der Waals surface area contributed by atoms with Gasteiger partial charge in [-0.15, -0.1) is 0 Å². The van der Waals surface area contributed by atoms with Gasteiger partial charge in [-0.1, -0.05) is 0 Å². The molecular formula is C11H15N3O2. The number of rotatable bonds is 4. The average Bonchev–Trinajstić information content (AvgIpc) is 3.00. The third-order valence-corrected chi connectivity index (χ3v) is 3.03. The van der Waals surface area contributed by atoms with Gasteiger partial charge in [0, 0.05) is 11.8 Å². The summed E-state index contributed by atoms with van der Waals surface area (Å²) < 4.78 is 0. The second-order valence-corrected chi connectivity index (χ2v) is 4.45. The molecule has 1 aliphatic rings. The molecule has 5 heteroatoms. The van der Waals surface area contributed by atoms with Crippen molar-refractivity contribution in [1.82, 2.24) is 9.97 Å². The van der Waals surface area contributed by atoms with E-state index in [4.69, 9.17) is 0 Å². The van der Waals surface area contributed by atoms with Gasteiger partial charge in [-0.25, -0.2) is 14.8 Å². The summed E-state index contributed by atoms with van der Waals surface area (Å²) in [5, 5.41) is 12.3. The lowest BCUT2D eigenvalue weighted by atomic mass is 9.96. The Bertz CT molecular complexity index is 417. The van der Waals surface area contributed by atoms with Crippen molar-refractivity contribution in [2.24, 2.45) is 5.92 Å². The summed E-state index contributed by atoms with van der Waals surface area (Å²) in [5.74, 6) is -0.0594. The zero-order valence-electron chi connectivity index (χ0n) is 9.40. The number of carbonyl (C=O) groups is 1. The van der Waals surface area contributed by atoms with Crippen LogP contribution in [-0.2, 0) is 4.79 Å². The van der Waals surface area contributed by atoms with Crippen LogP contribution < -0.4 is 5.32 Å². The van der Waals surface area contributed by atoms with Crippen LogP contribution in [0.5, 0.6) is 0 Å². The Hall–Kier alpha value is -1.65. The molecule has 2 N–H and O–H groups in total. The number of hydrogen-bond donors (Lipinski definition) is 2. The highest BCUT2D eigenvalue weighted by Gasteiger charge is 2.47. The highest BCUT2D eigenvalue weighted by atomic mass is 16.4. The maximum absolute atomic E-state index is 11.3. The molecule has 0 aromatic carbocycles. The first-order valence-corrected chi connectivity index (χ1v) is 5.32. The number of nitrogens with zero attached hydrogens (tertiary/aromatic N) is 2. The summed E-state index contributed by atoms with van der Waals surface area (Å²) in [4.78, 5) is 19.3. The molecule has 1 saturated carbocycles. The van der Waals surface area contributed by atoms with Crippen molar-refractivity contribution < 1.29 is 9.90 Å². The molecular weight excluding hydrogens is 206 g/mol. The average molecular weight is 221 g/mol. The minimum absolute atomic E-state index is 0.195. The molecule has 1 fully saturated rings. The topological polar surface area (TPSA) is 75.1 Å². The Morgan fingerprint density at radius 2 is 2.25 bits per heavy atom. The SMILES string of the molecule is Cc1cc(NC(C)(C(=O)O)C2CC2)ncn1. The lowest BCUT2D eigenvalue weighted by Gasteiger charge is -2.26. The van der Waals surface area contributed by atoms with Crippen LogP contribution in [0.3, 0.4) is 0 Å². The summed E-state index contributed by atoms with van der Waals surface area (Å²) in [6.45, 7) is 3.56. The van der Waals surface area contributed by atoms with Crippen LogP contribution in [0, 0.1) is 12.8 Å². The van der Waals surface area contributed by atoms with Crippen LogP contribution in [0.25, 0.3) is 0 Å². The first-order chi connectivity index (χ1) is 7.52. The van der Waals surface area contributed by atoms with Gasteiger partial charge < -0.3 is 10.4 Å². The van der Waals surface area contributed by atoms with Gasteiger partial charge in [0.25, 0.3) is 0 Å². The van der Waals surface area contributed by atoms with Gasteiger partial charge in [-0.2, -0.15) is 0 Å². The van der Waals surface area contributed by atoms with Gasteiger partial charge in [-0.3, -0.25) is 0 Å². The molecule has 1 atom stereocenters. The minimum atomic E-state index is -0.916. The van der Waals surface area contributed by atoms with E-state index in [1.54, 1.807) is 13.0 Å². The molecule has 0 radical (unpaired) electrons. The molecule has 1 unspecified atom stereocenters. The van der Waals surface area contributed by atoms with Crippen LogP contribution in [0.15, 0.2) is 12.4 Å². The molecule has 1 heterocycles. The smallest absolute Gasteiger partial charge is 0.329 e. The monoisotopic (exact) mass is 221 g/mol. The number of carboxylic acids is 1. The van der Waals surface area contributed by atoms with E-state index in [0.29, 0.717) is 5.82 Å². The maximum atomic E-state index is 11.3. The van der Waals surface area contributed by atoms with Gasteiger partial charge in [0.1, 0.15) is 17.7 Å². The summed E-state index contributed by atoms with van der Waals surface area (Å²) in [5.41, 5.74) is -0.0955. The fourth-order valence-electron chi connectivity index (χ4n) is 1.78. The molecule has 5 nitrogen and oxygen atoms in total. The molecule has 0 bridgehead atoms. The van der Waals surface area contributed by atoms with Crippen molar-refractivity contribution in [2.75, 3.05) is 5.32 Å². The first-order valence-electron chi connectivity index (χ1n) is 5.32. The Morgan fingerprint density at radius 3 is 2.75 bits per heavy atom. The van der Waals surface area contributed by atoms with Crippen LogP contribution in [0.4, 0.5) is 5.82 Å². The Balaban J connectivity index is 2.21. The van der Waals surface area contributed by atoms with Crippen molar-refractivity contribution >= 4 is 11.8 Å². The molecule has 86 valence electrons. The second-order valence-electron chi connectivity index (χ2n) is 4.45. The first kappa shape index (κ1) is 10.9. The number of aryl methyl sites for hydroxylation is 1. The van der Waals surface area contributed by atoms with Crippen molar-refractivity contribution in [1.29, 1.82) is 0 Å². The van der Waals surface area contributed by atoms with E-state index in [9.17, 15) is 9.90 Å². The van der Waals surface area contributed by atoms with Crippen LogP contribution in [-0.4, -0.2) is 26.6 Å². The summed E-state index contributed by atoms with van der Waals surface area (Å²) in [6, 6.07) is 1.75. The van der Waals surface area contributed by atoms with Gasteiger partial charge in [0.15, 0.2) is 0 Å². The summed E-state index contributed by atoms with van der Waals surface area (Å²) in [7, 11) is 0. The number of aliphatic carboxylic acids is 1. The van der Waals surface area contributed by atoms with Crippen molar-refractivity contribution in [3.05, 3.63) is 18.1 Å². The predicted molar refractivity (Wildman–Crippen MR) is 59.2 cm³/mol. The highest BCUT2D eigenvalue weighted by Crippen LogP contribution is 2.41. The van der Waals surface area contributed by atoms with Crippen LogP contribution in [0.1, 0.15) is 25.5 Å². The zero-order valence-corrected chi connectivity index (χ0v) is 9.40. The lowest BCUT2D eigenvalue weighted by molar-refractivity contribution is -0.142. The number of nitrogens with one attached hydrogen (secondary N) is 1. The Kier molecular flexibility index (Phi) is 2.53. The molecule has 0 aliphatic heterocycles. The largest absolute Gasteiger partial charge is 0.480 e. The highest BCUT2D eigenvalue weighted by molar-refractivity contribution is 5.82. The van der Waals surface area contributed by atoms with E-state index in [2.05, 4.69) is 15.3 Å². The third-order valence-electron chi connectivity index (χ3n) is 3.03. The van der Waals surface area contributed by atoms with E-state index in [1.165, 1.54) is 6.33 Å². The molecule has 0 spiro atoms. The van der Waals surface area contributed by atoms with E-state index in [0.717, 1.165) is 18.5 Å². The van der Waals surface area contributed by atoms with Crippen molar-refractivity contribution in [3.8, 4) is 0 Å². The van der Waals surface area contributed by atoms with E-state index in [1.807, 2.05) is 6.92 Å². The van der Waals surface area contributed by atoms with Gasteiger partial charge >= 0.3 is 5.97 Å². The molecule has 16 heavy (non-hydrogen) atoms. The normalized spacial score (nSPS) is 18.9. The lowest BCUT2D eigenvalue weighted by Crippen LogP contribution is -2.45. The van der Waals surface area contributed by atoms with Crippen LogP contribution in [0.2, 0.25) is 0 Å². The summed E-state index contributed by atoms with van der Waals surface area (Å²) >= 11 is 0. The molecule has 1 aliphatic carbocycles. The molecule has 0 saturated heterocycles. The Morgan fingerprint density at radius 1 is 1.56 bits per heavy atom. The minimum Gasteiger partial charge on any atom is -0.480 e. The second kappa shape index (κ2) is 3.73. The fraction of sp³-hybridized carbons (Fsp3) is 0.545. The predicted octanol–water partition coefficient (Wildman–Crippen LogP) is 1.45. The Labute approximate surface area is 93.9 Å². The number of carboxylic acid groups (broad SMARTS) is 1. The maximum Gasteiger partial charge on any atom is 0.329 e. The number of aromatic nitrogens is 2.